The van der Waals surface area contributed by atoms with E-state index in [0.29, 0.717) is 4.88 Å². The van der Waals surface area contributed by atoms with Gasteiger partial charge in [0, 0.05) is 23.7 Å². The molecule has 0 bridgehead atoms. The molecule has 1 fully saturated rings. The maximum absolute atomic E-state index is 14.3. The SMILES string of the molecule is CCCc1cc(C(=O)Nc2ccc(F)c(S(=O)(=O)N3CCOCC3)c2)sc1C. The van der Waals surface area contributed by atoms with E-state index in [2.05, 4.69) is 12.2 Å². The zero-order valence-corrected chi connectivity index (χ0v) is 17.5. The fourth-order valence-corrected chi connectivity index (χ4v) is 5.51. The molecule has 0 saturated carbocycles. The molecular weight excluding hydrogens is 403 g/mol. The van der Waals surface area contributed by atoms with Crippen molar-refractivity contribution in [2.75, 3.05) is 31.6 Å². The maximum Gasteiger partial charge on any atom is 0.265 e. The predicted molar refractivity (Wildman–Crippen MR) is 107 cm³/mol. The molecule has 1 aliphatic heterocycles. The lowest BCUT2D eigenvalue weighted by Gasteiger charge is -2.26. The van der Waals surface area contributed by atoms with Crippen LogP contribution >= 0.6 is 11.3 Å². The molecule has 0 unspecified atom stereocenters. The number of hydrogen-bond donors (Lipinski definition) is 1. The fourth-order valence-electron chi connectivity index (χ4n) is 3.05. The van der Waals surface area contributed by atoms with Crippen molar-refractivity contribution in [3.63, 3.8) is 0 Å². The molecule has 0 radical (unpaired) electrons. The number of rotatable bonds is 6. The van der Waals surface area contributed by atoms with E-state index < -0.39 is 20.7 Å². The molecule has 0 atom stereocenters. The highest BCUT2D eigenvalue weighted by atomic mass is 32.2. The molecule has 0 spiro atoms. The molecule has 1 N–H and O–H groups in total. The number of halogens is 1. The second kappa shape index (κ2) is 8.69. The molecule has 1 aromatic heterocycles. The number of nitrogens with one attached hydrogen (secondary N) is 1. The number of benzene rings is 1. The zero-order chi connectivity index (χ0) is 20.3. The molecule has 6 nitrogen and oxygen atoms in total. The van der Waals surface area contributed by atoms with E-state index in [1.807, 2.05) is 13.0 Å². The average molecular weight is 427 g/mol. The Balaban J connectivity index is 1.83. The van der Waals surface area contributed by atoms with E-state index >= 15 is 0 Å². The van der Waals surface area contributed by atoms with E-state index in [1.54, 1.807) is 0 Å². The van der Waals surface area contributed by atoms with Crippen molar-refractivity contribution in [2.24, 2.45) is 0 Å². The Hall–Kier alpha value is -1.81. The van der Waals surface area contributed by atoms with Gasteiger partial charge in [0.25, 0.3) is 5.91 Å². The van der Waals surface area contributed by atoms with Crippen molar-refractivity contribution in [3.05, 3.63) is 45.4 Å². The monoisotopic (exact) mass is 426 g/mol. The topological polar surface area (TPSA) is 75.7 Å². The largest absolute Gasteiger partial charge is 0.379 e. The first-order chi connectivity index (χ1) is 13.3. The summed E-state index contributed by atoms with van der Waals surface area (Å²) in [6, 6.07) is 5.45. The molecule has 1 aliphatic rings. The van der Waals surface area contributed by atoms with Gasteiger partial charge >= 0.3 is 0 Å². The highest BCUT2D eigenvalue weighted by Crippen LogP contribution is 2.26. The van der Waals surface area contributed by atoms with Gasteiger partial charge in [-0.15, -0.1) is 11.3 Å². The van der Waals surface area contributed by atoms with Gasteiger partial charge in [0.05, 0.1) is 18.1 Å². The molecule has 28 heavy (non-hydrogen) atoms. The first-order valence-electron chi connectivity index (χ1n) is 9.11. The first-order valence-corrected chi connectivity index (χ1v) is 11.4. The lowest BCUT2D eigenvalue weighted by molar-refractivity contribution is 0.0729. The van der Waals surface area contributed by atoms with Crippen molar-refractivity contribution in [2.45, 2.75) is 31.6 Å². The number of carbonyl (C=O) groups is 1. The lowest BCUT2D eigenvalue weighted by atomic mass is 10.1. The van der Waals surface area contributed by atoms with Crippen LogP contribution in [-0.2, 0) is 21.2 Å². The molecule has 2 heterocycles. The maximum atomic E-state index is 14.3. The predicted octanol–water partition coefficient (Wildman–Crippen LogP) is 3.42. The van der Waals surface area contributed by atoms with Crippen molar-refractivity contribution in [3.8, 4) is 0 Å². The molecule has 3 rings (SSSR count). The molecule has 0 aliphatic carbocycles. The summed E-state index contributed by atoms with van der Waals surface area (Å²) in [6.07, 6.45) is 1.88. The van der Waals surface area contributed by atoms with Gasteiger partial charge in [-0.3, -0.25) is 4.79 Å². The molecule has 9 heteroatoms. The van der Waals surface area contributed by atoms with Crippen molar-refractivity contribution < 1.29 is 22.3 Å². The Labute approximate surface area is 168 Å². The number of nitrogens with zero attached hydrogens (tertiary/aromatic N) is 1. The minimum atomic E-state index is -4.00. The van der Waals surface area contributed by atoms with Crippen LogP contribution in [0.5, 0.6) is 0 Å². The van der Waals surface area contributed by atoms with Crippen LogP contribution in [0.2, 0.25) is 0 Å². The second-order valence-electron chi connectivity index (χ2n) is 6.56. The van der Waals surface area contributed by atoms with Crippen LogP contribution in [0, 0.1) is 12.7 Å². The van der Waals surface area contributed by atoms with E-state index in [1.165, 1.54) is 27.8 Å². The number of morpholine rings is 1. The molecule has 1 aromatic carbocycles. The number of hydrogen-bond acceptors (Lipinski definition) is 5. The van der Waals surface area contributed by atoms with Gasteiger partial charge in [-0.2, -0.15) is 4.31 Å². The number of amides is 1. The molecule has 1 saturated heterocycles. The van der Waals surface area contributed by atoms with Gasteiger partial charge in [-0.1, -0.05) is 13.3 Å². The lowest BCUT2D eigenvalue weighted by Crippen LogP contribution is -2.40. The summed E-state index contributed by atoms with van der Waals surface area (Å²) < 4.78 is 46.1. The van der Waals surface area contributed by atoms with Gasteiger partial charge in [0.2, 0.25) is 10.0 Å². The third-order valence-corrected chi connectivity index (χ3v) is 7.55. The van der Waals surface area contributed by atoms with E-state index in [4.69, 9.17) is 4.74 Å². The standard InChI is InChI=1S/C19H23FN2O4S2/c1-3-4-14-11-17(27-13(14)2)19(23)21-15-5-6-16(20)18(12-15)28(24,25)22-7-9-26-10-8-22/h5-6,11-12H,3-4,7-10H2,1-2H3,(H,21,23). The smallest absolute Gasteiger partial charge is 0.265 e. The van der Waals surface area contributed by atoms with Gasteiger partial charge in [0.1, 0.15) is 10.7 Å². The van der Waals surface area contributed by atoms with Gasteiger partial charge in [-0.05, 0) is 43.2 Å². The summed E-state index contributed by atoms with van der Waals surface area (Å²) >= 11 is 1.39. The molecule has 2 aromatic rings. The Bertz CT molecular complexity index is 966. The number of thiophene rings is 1. The zero-order valence-electron chi connectivity index (χ0n) is 15.8. The van der Waals surface area contributed by atoms with Crippen LogP contribution in [0.3, 0.4) is 0 Å². The van der Waals surface area contributed by atoms with E-state index in [9.17, 15) is 17.6 Å². The first kappa shape index (κ1) is 20.9. The summed E-state index contributed by atoms with van der Waals surface area (Å²) in [7, 11) is -4.00. The fraction of sp³-hybridized carbons (Fsp3) is 0.421. The van der Waals surface area contributed by atoms with Crippen LogP contribution in [-0.4, -0.2) is 44.9 Å². The Morgan fingerprint density at radius 1 is 1.29 bits per heavy atom. The van der Waals surface area contributed by atoms with Crippen LogP contribution in [0.25, 0.3) is 0 Å². The second-order valence-corrected chi connectivity index (χ2v) is 9.72. The highest BCUT2D eigenvalue weighted by Gasteiger charge is 2.29. The van der Waals surface area contributed by atoms with Crippen LogP contribution in [0.15, 0.2) is 29.2 Å². The Kier molecular flexibility index (Phi) is 6.49. The van der Waals surface area contributed by atoms with Gasteiger partial charge < -0.3 is 10.1 Å². The van der Waals surface area contributed by atoms with Crippen molar-refractivity contribution in [1.29, 1.82) is 0 Å². The van der Waals surface area contributed by atoms with Crippen molar-refractivity contribution in [1.82, 2.24) is 4.31 Å². The van der Waals surface area contributed by atoms with Crippen LogP contribution in [0.1, 0.15) is 33.5 Å². The summed E-state index contributed by atoms with van der Waals surface area (Å²) in [5, 5.41) is 2.68. The van der Waals surface area contributed by atoms with Crippen LogP contribution < -0.4 is 5.32 Å². The minimum absolute atomic E-state index is 0.174. The number of anilines is 1. The summed E-state index contributed by atoms with van der Waals surface area (Å²) in [4.78, 5) is 13.7. The number of carbonyl (C=O) groups excluding carboxylic acids is 1. The highest BCUT2D eigenvalue weighted by molar-refractivity contribution is 7.89. The van der Waals surface area contributed by atoms with Crippen molar-refractivity contribution >= 4 is 33.0 Å². The molecular formula is C19H23FN2O4S2. The normalized spacial score (nSPS) is 15.5. The van der Waals surface area contributed by atoms with Crippen LogP contribution in [0.4, 0.5) is 10.1 Å². The average Bonchev–Trinajstić information content (AvgIpc) is 3.05. The number of aryl methyl sites for hydroxylation is 2. The van der Waals surface area contributed by atoms with Gasteiger partial charge in [-0.25, -0.2) is 12.8 Å². The minimum Gasteiger partial charge on any atom is -0.379 e. The summed E-state index contributed by atoms with van der Waals surface area (Å²) in [5.41, 5.74) is 1.37. The van der Waals surface area contributed by atoms with E-state index in [0.717, 1.165) is 29.3 Å². The third-order valence-electron chi connectivity index (χ3n) is 4.54. The summed E-state index contributed by atoms with van der Waals surface area (Å²) in [6.45, 7) is 4.94. The van der Waals surface area contributed by atoms with Gasteiger partial charge in [0.15, 0.2) is 0 Å². The third kappa shape index (κ3) is 4.43. The Morgan fingerprint density at radius 2 is 2.00 bits per heavy atom. The Morgan fingerprint density at radius 3 is 2.68 bits per heavy atom. The van der Waals surface area contributed by atoms with E-state index in [-0.39, 0.29) is 37.9 Å². The number of sulfonamides is 1. The summed E-state index contributed by atoms with van der Waals surface area (Å²) in [5.74, 6) is -1.18. The molecule has 152 valence electrons. The number of ether oxygens (including phenoxy) is 1. The quantitative estimate of drug-likeness (QED) is 0.768. The molecule has 1 amide bonds.